The van der Waals surface area contributed by atoms with Crippen LogP contribution in [-0.2, 0) is 16.6 Å². The van der Waals surface area contributed by atoms with Crippen LogP contribution in [0.4, 0.5) is 0 Å². The van der Waals surface area contributed by atoms with Crippen LogP contribution in [0.3, 0.4) is 0 Å². The number of hydrogen-bond donors (Lipinski definition) is 0. The van der Waals surface area contributed by atoms with Gasteiger partial charge in [0.15, 0.2) is 6.19 Å². The Morgan fingerprint density at radius 2 is 1.96 bits per heavy atom. The van der Waals surface area contributed by atoms with Crippen LogP contribution in [0.1, 0.15) is 12.0 Å². The van der Waals surface area contributed by atoms with Crippen molar-refractivity contribution in [3.8, 4) is 6.19 Å². The maximum Gasteiger partial charge on any atom is 0.243 e. The SMILES string of the molecule is N#CN1CCC(N(Cc2ccccc2)S(=O)(=O)c2cccc(Br)c2)C1. The van der Waals surface area contributed by atoms with Gasteiger partial charge in [0.2, 0.25) is 10.0 Å². The predicted octanol–water partition coefficient (Wildman–Crippen LogP) is 3.20. The molecule has 2 aromatic carbocycles. The van der Waals surface area contributed by atoms with Gasteiger partial charge in [-0.2, -0.15) is 9.57 Å². The fourth-order valence-electron chi connectivity index (χ4n) is 3.00. The van der Waals surface area contributed by atoms with Crippen LogP contribution < -0.4 is 0 Å². The normalized spacial score (nSPS) is 17.6. The van der Waals surface area contributed by atoms with Gasteiger partial charge in [0.25, 0.3) is 0 Å². The van der Waals surface area contributed by atoms with Crippen LogP contribution in [-0.4, -0.2) is 36.8 Å². The molecule has 1 saturated heterocycles. The molecule has 3 rings (SSSR count). The Hall–Kier alpha value is -1.88. The molecule has 1 unspecified atom stereocenters. The van der Waals surface area contributed by atoms with Gasteiger partial charge in [0.05, 0.1) is 4.90 Å². The molecule has 2 aromatic rings. The first kappa shape index (κ1) is 17.9. The molecular formula is C18H18BrN3O2S. The van der Waals surface area contributed by atoms with E-state index in [2.05, 4.69) is 22.1 Å². The first-order valence-electron chi connectivity index (χ1n) is 7.97. The molecule has 0 N–H and O–H groups in total. The Labute approximate surface area is 156 Å². The van der Waals surface area contributed by atoms with Crippen molar-refractivity contribution < 1.29 is 8.42 Å². The Bertz CT molecular complexity index is 881. The van der Waals surface area contributed by atoms with E-state index in [1.54, 1.807) is 29.2 Å². The van der Waals surface area contributed by atoms with Crippen LogP contribution in [0.15, 0.2) is 64.0 Å². The van der Waals surface area contributed by atoms with Crippen LogP contribution in [0.25, 0.3) is 0 Å². The molecule has 1 atom stereocenters. The Kier molecular flexibility index (Phi) is 5.42. The second kappa shape index (κ2) is 7.56. The molecule has 25 heavy (non-hydrogen) atoms. The van der Waals surface area contributed by atoms with Gasteiger partial charge in [-0.15, -0.1) is 0 Å². The molecule has 7 heteroatoms. The van der Waals surface area contributed by atoms with Crippen molar-refractivity contribution in [2.24, 2.45) is 0 Å². The van der Waals surface area contributed by atoms with E-state index < -0.39 is 10.0 Å². The summed E-state index contributed by atoms with van der Waals surface area (Å²) < 4.78 is 28.8. The highest BCUT2D eigenvalue weighted by molar-refractivity contribution is 9.10. The zero-order valence-electron chi connectivity index (χ0n) is 13.5. The van der Waals surface area contributed by atoms with Crippen LogP contribution in [0, 0.1) is 11.5 Å². The largest absolute Gasteiger partial charge is 0.309 e. The van der Waals surface area contributed by atoms with Crippen molar-refractivity contribution in [1.29, 1.82) is 5.26 Å². The monoisotopic (exact) mass is 419 g/mol. The molecule has 0 amide bonds. The Morgan fingerprint density at radius 3 is 2.60 bits per heavy atom. The lowest BCUT2D eigenvalue weighted by atomic mass is 10.2. The third-order valence-corrected chi connectivity index (χ3v) is 6.68. The molecule has 0 saturated carbocycles. The molecule has 5 nitrogen and oxygen atoms in total. The number of nitrogens with zero attached hydrogens (tertiary/aromatic N) is 3. The minimum atomic E-state index is -3.67. The quantitative estimate of drug-likeness (QED) is 0.697. The number of likely N-dealkylation sites (tertiary alicyclic amines) is 1. The summed E-state index contributed by atoms with van der Waals surface area (Å²) in [6.45, 7) is 1.30. The summed E-state index contributed by atoms with van der Waals surface area (Å²) in [7, 11) is -3.67. The van der Waals surface area contributed by atoms with Crippen LogP contribution in [0.5, 0.6) is 0 Å². The van der Waals surface area contributed by atoms with E-state index in [0.717, 1.165) is 10.0 Å². The average Bonchev–Trinajstić information content (AvgIpc) is 3.09. The number of nitriles is 1. The lowest BCUT2D eigenvalue weighted by Gasteiger charge is -2.28. The highest BCUT2D eigenvalue weighted by Crippen LogP contribution is 2.27. The highest BCUT2D eigenvalue weighted by Gasteiger charge is 2.35. The standard InChI is InChI=1S/C18H18BrN3O2S/c19-16-7-4-8-18(11-16)25(23,24)22(12-15-5-2-1-3-6-15)17-9-10-21(13-17)14-20/h1-8,11,17H,9-10,12-13H2. The lowest BCUT2D eigenvalue weighted by Crippen LogP contribution is -2.41. The van der Waals surface area contributed by atoms with E-state index in [-0.39, 0.29) is 10.9 Å². The van der Waals surface area contributed by atoms with Crippen molar-refractivity contribution >= 4 is 26.0 Å². The average molecular weight is 420 g/mol. The smallest absolute Gasteiger partial charge is 0.243 e. The lowest BCUT2D eigenvalue weighted by molar-refractivity contribution is 0.314. The van der Waals surface area contributed by atoms with Crippen molar-refractivity contribution in [3.63, 3.8) is 0 Å². The van der Waals surface area contributed by atoms with E-state index in [9.17, 15) is 8.42 Å². The van der Waals surface area contributed by atoms with Gasteiger partial charge < -0.3 is 4.90 Å². The molecule has 0 aromatic heterocycles. The first-order valence-corrected chi connectivity index (χ1v) is 10.2. The summed E-state index contributed by atoms with van der Waals surface area (Å²) in [6, 6.07) is 16.1. The third kappa shape index (κ3) is 4.03. The van der Waals surface area contributed by atoms with Crippen molar-refractivity contribution in [2.75, 3.05) is 13.1 Å². The van der Waals surface area contributed by atoms with Gasteiger partial charge in [-0.1, -0.05) is 52.3 Å². The fraction of sp³-hybridized carbons (Fsp3) is 0.278. The van der Waals surface area contributed by atoms with E-state index in [1.165, 1.54) is 4.31 Å². The second-order valence-electron chi connectivity index (χ2n) is 5.98. The van der Waals surface area contributed by atoms with E-state index in [0.29, 0.717) is 26.1 Å². The maximum atomic E-state index is 13.3. The predicted molar refractivity (Wildman–Crippen MR) is 98.9 cm³/mol. The molecule has 1 aliphatic heterocycles. The third-order valence-electron chi connectivity index (χ3n) is 4.30. The summed E-state index contributed by atoms with van der Waals surface area (Å²) >= 11 is 3.34. The summed E-state index contributed by atoms with van der Waals surface area (Å²) in [5.41, 5.74) is 0.927. The second-order valence-corrected chi connectivity index (χ2v) is 8.79. The van der Waals surface area contributed by atoms with Gasteiger partial charge in [-0.25, -0.2) is 8.42 Å². The molecule has 0 radical (unpaired) electrons. The van der Waals surface area contributed by atoms with Crippen molar-refractivity contribution in [2.45, 2.75) is 23.9 Å². The molecule has 0 spiro atoms. The molecule has 1 heterocycles. The van der Waals surface area contributed by atoms with E-state index in [1.807, 2.05) is 30.3 Å². The summed E-state index contributed by atoms with van der Waals surface area (Å²) in [4.78, 5) is 1.87. The van der Waals surface area contributed by atoms with Crippen molar-refractivity contribution in [1.82, 2.24) is 9.21 Å². The molecule has 1 fully saturated rings. The first-order chi connectivity index (χ1) is 12.0. The number of rotatable bonds is 5. The Morgan fingerprint density at radius 1 is 1.20 bits per heavy atom. The number of sulfonamides is 1. The molecule has 1 aliphatic rings. The molecular weight excluding hydrogens is 402 g/mol. The summed E-state index contributed by atoms with van der Waals surface area (Å²) in [5.74, 6) is 0. The zero-order chi connectivity index (χ0) is 17.9. The summed E-state index contributed by atoms with van der Waals surface area (Å²) in [6.07, 6.45) is 2.76. The minimum absolute atomic E-state index is 0.219. The van der Waals surface area contributed by atoms with E-state index in [4.69, 9.17) is 5.26 Å². The van der Waals surface area contributed by atoms with Crippen LogP contribution >= 0.6 is 15.9 Å². The number of hydrogen-bond acceptors (Lipinski definition) is 4. The number of benzene rings is 2. The minimum Gasteiger partial charge on any atom is -0.309 e. The van der Waals surface area contributed by atoms with Crippen molar-refractivity contribution in [3.05, 3.63) is 64.6 Å². The number of halogens is 1. The van der Waals surface area contributed by atoms with E-state index >= 15 is 0 Å². The maximum absolute atomic E-state index is 13.3. The van der Waals surface area contributed by atoms with Gasteiger partial charge in [0, 0.05) is 30.1 Å². The summed E-state index contributed by atoms with van der Waals surface area (Å²) in [5, 5.41) is 9.11. The molecule has 0 bridgehead atoms. The highest BCUT2D eigenvalue weighted by atomic mass is 79.9. The molecule has 0 aliphatic carbocycles. The fourth-order valence-corrected chi connectivity index (χ4v) is 5.24. The Balaban J connectivity index is 1.97. The topological polar surface area (TPSA) is 64.4 Å². The molecule has 130 valence electrons. The van der Waals surface area contributed by atoms with Gasteiger partial charge in [-0.3, -0.25) is 0 Å². The zero-order valence-corrected chi connectivity index (χ0v) is 15.9. The van der Waals surface area contributed by atoms with Gasteiger partial charge >= 0.3 is 0 Å². The van der Waals surface area contributed by atoms with Gasteiger partial charge in [-0.05, 0) is 30.2 Å². The van der Waals surface area contributed by atoms with Gasteiger partial charge in [0.1, 0.15) is 0 Å². The van der Waals surface area contributed by atoms with Crippen LogP contribution in [0.2, 0.25) is 0 Å².